The van der Waals surface area contributed by atoms with Gasteiger partial charge >= 0.3 is 6.03 Å². The van der Waals surface area contributed by atoms with Gasteiger partial charge in [-0.25, -0.2) is 4.79 Å². The Morgan fingerprint density at radius 1 is 1.09 bits per heavy atom. The number of rotatable bonds is 3. The Balaban J connectivity index is 1.85. The Morgan fingerprint density at radius 2 is 1.65 bits per heavy atom. The third kappa shape index (κ3) is 2.99. The van der Waals surface area contributed by atoms with Crippen LogP contribution in [0, 0.1) is 13.8 Å². The predicted octanol–water partition coefficient (Wildman–Crippen LogP) is 3.53. The van der Waals surface area contributed by atoms with E-state index in [1.165, 1.54) is 10.5 Å². The molecule has 1 aromatic rings. The molecule has 0 N–H and O–H groups in total. The molecule has 4 nitrogen and oxygen atoms in total. The van der Waals surface area contributed by atoms with E-state index >= 15 is 0 Å². The first-order chi connectivity index (χ1) is 10.7. The van der Waals surface area contributed by atoms with Gasteiger partial charge in [0.25, 0.3) is 5.91 Å². The Morgan fingerprint density at radius 3 is 2.13 bits per heavy atom. The first-order valence-electron chi connectivity index (χ1n) is 8.40. The maximum atomic E-state index is 12.5. The molecular weight excluding hydrogens is 288 g/mol. The van der Waals surface area contributed by atoms with E-state index in [2.05, 4.69) is 46.8 Å². The molecule has 0 unspecified atom stereocenters. The van der Waals surface area contributed by atoms with Crippen LogP contribution in [0.4, 0.5) is 4.79 Å². The molecule has 2 fully saturated rings. The minimum atomic E-state index is -0.115. The lowest BCUT2D eigenvalue weighted by Gasteiger charge is -2.24. The molecule has 0 spiro atoms. The quantitative estimate of drug-likeness (QED) is 0.801. The lowest BCUT2D eigenvalue weighted by atomic mass is 9.84. The van der Waals surface area contributed by atoms with Crippen LogP contribution in [0.1, 0.15) is 55.9 Å². The van der Waals surface area contributed by atoms with Crippen molar-refractivity contribution in [2.24, 2.45) is 0 Å². The molecule has 0 radical (unpaired) electrons. The van der Waals surface area contributed by atoms with Crippen LogP contribution in [0.5, 0.6) is 0 Å². The summed E-state index contributed by atoms with van der Waals surface area (Å²) in [5, 5.41) is 0. The second-order valence-corrected chi connectivity index (χ2v) is 7.96. The number of amides is 3. The highest BCUT2D eigenvalue weighted by Crippen LogP contribution is 2.32. The molecule has 2 aliphatic rings. The Hall–Kier alpha value is -1.84. The van der Waals surface area contributed by atoms with E-state index < -0.39 is 0 Å². The highest BCUT2D eigenvalue weighted by Gasteiger charge is 2.43. The Bertz CT molecular complexity index is 645. The third-order valence-corrected chi connectivity index (χ3v) is 4.95. The number of carbonyl (C=O) groups excluding carboxylic acids is 2. The Kier molecular flexibility index (Phi) is 3.74. The van der Waals surface area contributed by atoms with Crippen molar-refractivity contribution < 1.29 is 9.59 Å². The Labute approximate surface area is 138 Å². The summed E-state index contributed by atoms with van der Waals surface area (Å²) in [6.45, 7) is 11.4. The molecule has 4 heteroatoms. The van der Waals surface area contributed by atoms with Gasteiger partial charge in [-0.05, 0) is 54.4 Å². The van der Waals surface area contributed by atoms with Crippen molar-refractivity contribution in [3.63, 3.8) is 0 Å². The summed E-state index contributed by atoms with van der Waals surface area (Å²) in [6, 6.07) is 4.55. The molecule has 3 rings (SSSR count). The summed E-state index contributed by atoms with van der Waals surface area (Å²) in [5.41, 5.74) is 4.78. The normalized spacial score (nSPS) is 19.0. The van der Waals surface area contributed by atoms with Crippen molar-refractivity contribution in [2.45, 2.75) is 65.5 Å². The zero-order valence-electron chi connectivity index (χ0n) is 14.8. The average Bonchev–Trinajstić information content (AvgIpc) is 3.22. The average molecular weight is 314 g/mol. The van der Waals surface area contributed by atoms with Crippen molar-refractivity contribution in [3.05, 3.63) is 34.4 Å². The van der Waals surface area contributed by atoms with E-state index in [4.69, 9.17) is 0 Å². The second-order valence-electron chi connectivity index (χ2n) is 7.96. The largest absolute Gasteiger partial charge is 0.327 e. The van der Waals surface area contributed by atoms with Gasteiger partial charge in [-0.2, -0.15) is 0 Å². The molecule has 1 aliphatic carbocycles. The van der Waals surface area contributed by atoms with Gasteiger partial charge in [0.05, 0.1) is 6.54 Å². The van der Waals surface area contributed by atoms with Crippen LogP contribution in [-0.4, -0.2) is 34.3 Å². The van der Waals surface area contributed by atoms with Crippen LogP contribution in [0.2, 0.25) is 0 Å². The van der Waals surface area contributed by atoms with Crippen molar-refractivity contribution in [1.29, 1.82) is 0 Å². The zero-order valence-corrected chi connectivity index (χ0v) is 14.8. The summed E-state index contributed by atoms with van der Waals surface area (Å²) >= 11 is 0. The van der Waals surface area contributed by atoms with Gasteiger partial charge in [0.15, 0.2) is 0 Å². The third-order valence-electron chi connectivity index (χ3n) is 4.95. The van der Waals surface area contributed by atoms with Gasteiger partial charge in [-0.1, -0.05) is 32.9 Å². The SMILES string of the molecule is Cc1cc(C(C)(C)C)cc(C)c1CN1C(=O)CN(C2CC2)C1=O. The highest BCUT2D eigenvalue weighted by atomic mass is 16.2. The monoisotopic (exact) mass is 314 g/mol. The van der Waals surface area contributed by atoms with E-state index in [1.807, 2.05) is 0 Å². The minimum Gasteiger partial charge on any atom is -0.312 e. The maximum absolute atomic E-state index is 12.5. The second kappa shape index (κ2) is 5.36. The standard InChI is InChI=1S/C19H26N2O2/c1-12-8-14(19(3,4)5)9-13(2)16(12)10-21-17(22)11-20(18(21)23)15-6-7-15/h8-9,15H,6-7,10-11H2,1-5H3. The smallest absolute Gasteiger partial charge is 0.312 e. The van der Waals surface area contributed by atoms with Crippen molar-refractivity contribution in [3.8, 4) is 0 Å². The predicted molar refractivity (Wildman–Crippen MR) is 90.3 cm³/mol. The van der Waals surface area contributed by atoms with E-state index in [1.54, 1.807) is 4.90 Å². The number of imide groups is 1. The molecule has 1 saturated carbocycles. The zero-order chi connectivity index (χ0) is 16.9. The van der Waals surface area contributed by atoms with Crippen molar-refractivity contribution >= 4 is 11.9 Å². The van der Waals surface area contributed by atoms with Gasteiger partial charge in [0.1, 0.15) is 6.54 Å². The molecule has 3 amide bonds. The fraction of sp³-hybridized carbons (Fsp3) is 0.579. The molecule has 1 aliphatic heterocycles. The number of carbonyl (C=O) groups is 2. The summed E-state index contributed by atoms with van der Waals surface area (Å²) in [7, 11) is 0. The number of urea groups is 1. The van der Waals surface area contributed by atoms with Crippen molar-refractivity contribution in [1.82, 2.24) is 9.80 Å². The van der Waals surface area contributed by atoms with E-state index in [-0.39, 0.29) is 23.9 Å². The van der Waals surface area contributed by atoms with Crippen LogP contribution in [0.3, 0.4) is 0 Å². The first kappa shape index (κ1) is 16.0. The number of nitrogens with zero attached hydrogens (tertiary/aromatic N) is 2. The number of benzene rings is 1. The summed E-state index contributed by atoms with van der Waals surface area (Å²) in [5.74, 6) is -0.0689. The van der Waals surface area contributed by atoms with Crippen LogP contribution in [0.25, 0.3) is 0 Å². The molecule has 0 atom stereocenters. The van der Waals surface area contributed by atoms with Gasteiger partial charge < -0.3 is 4.90 Å². The lowest BCUT2D eigenvalue weighted by Crippen LogP contribution is -2.34. The number of aryl methyl sites for hydroxylation is 2. The van der Waals surface area contributed by atoms with E-state index in [0.29, 0.717) is 12.6 Å². The lowest BCUT2D eigenvalue weighted by molar-refractivity contribution is -0.125. The van der Waals surface area contributed by atoms with Crippen LogP contribution >= 0.6 is 0 Å². The summed E-state index contributed by atoms with van der Waals surface area (Å²) in [4.78, 5) is 27.9. The minimum absolute atomic E-state index is 0.0689. The van der Waals surface area contributed by atoms with Gasteiger partial charge in [-0.3, -0.25) is 9.69 Å². The molecule has 1 heterocycles. The van der Waals surface area contributed by atoms with Crippen molar-refractivity contribution in [2.75, 3.05) is 6.54 Å². The summed E-state index contributed by atoms with van der Waals surface area (Å²) in [6.07, 6.45) is 2.07. The van der Waals surface area contributed by atoms with E-state index in [0.717, 1.165) is 29.5 Å². The van der Waals surface area contributed by atoms with E-state index in [9.17, 15) is 9.59 Å². The number of hydrogen-bond acceptors (Lipinski definition) is 2. The first-order valence-corrected chi connectivity index (χ1v) is 8.40. The fourth-order valence-corrected chi connectivity index (χ4v) is 3.22. The molecule has 0 aromatic heterocycles. The number of hydrogen-bond donors (Lipinski definition) is 0. The van der Waals surface area contributed by atoms with Crippen LogP contribution in [0.15, 0.2) is 12.1 Å². The molecule has 1 saturated heterocycles. The van der Waals surface area contributed by atoms with Gasteiger partial charge in [0.2, 0.25) is 0 Å². The molecule has 1 aromatic carbocycles. The molecule has 124 valence electrons. The van der Waals surface area contributed by atoms with Crippen LogP contribution in [-0.2, 0) is 16.8 Å². The fourth-order valence-electron chi connectivity index (χ4n) is 3.22. The summed E-state index contributed by atoms with van der Waals surface area (Å²) < 4.78 is 0. The molecule has 0 bridgehead atoms. The van der Waals surface area contributed by atoms with Gasteiger partial charge in [-0.15, -0.1) is 0 Å². The topological polar surface area (TPSA) is 40.6 Å². The van der Waals surface area contributed by atoms with Crippen LogP contribution < -0.4 is 0 Å². The van der Waals surface area contributed by atoms with Gasteiger partial charge in [0, 0.05) is 6.04 Å². The highest BCUT2D eigenvalue weighted by molar-refractivity contribution is 6.02. The maximum Gasteiger partial charge on any atom is 0.327 e. The molecular formula is C19H26N2O2. The molecule has 23 heavy (non-hydrogen) atoms.